The fourth-order valence-corrected chi connectivity index (χ4v) is 4.08. The van der Waals surface area contributed by atoms with Gasteiger partial charge in [-0.05, 0) is 49.8 Å². The van der Waals surface area contributed by atoms with Gasteiger partial charge < -0.3 is 14.6 Å². The van der Waals surface area contributed by atoms with Crippen molar-refractivity contribution < 1.29 is 9.21 Å². The predicted octanol–water partition coefficient (Wildman–Crippen LogP) is 4.88. The third-order valence-corrected chi connectivity index (χ3v) is 5.69. The quantitative estimate of drug-likeness (QED) is 0.684. The van der Waals surface area contributed by atoms with Gasteiger partial charge in [0.15, 0.2) is 0 Å². The van der Waals surface area contributed by atoms with Crippen LogP contribution in [-0.4, -0.2) is 24.0 Å². The van der Waals surface area contributed by atoms with Crippen molar-refractivity contribution in [2.45, 2.75) is 32.6 Å². The fraction of sp³-hybridized carbons (Fsp3) is 0.333. The first-order valence-corrected chi connectivity index (χ1v) is 10.2. The Kier molecular flexibility index (Phi) is 5.25. The molecule has 0 radical (unpaired) electrons. The number of nitrogens with one attached hydrogen (secondary N) is 1. The monoisotopic (exact) mass is 381 g/mol. The molecule has 0 bridgehead atoms. The van der Waals surface area contributed by atoms with Gasteiger partial charge in [-0.15, -0.1) is 11.3 Å². The van der Waals surface area contributed by atoms with Gasteiger partial charge in [0.2, 0.25) is 11.8 Å². The highest BCUT2D eigenvalue weighted by Crippen LogP contribution is 2.29. The summed E-state index contributed by atoms with van der Waals surface area (Å²) in [5, 5.41) is 5.05. The lowest BCUT2D eigenvalue weighted by Gasteiger charge is -2.30. The molecule has 5 nitrogen and oxygen atoms in total. The van der Waals surface area contributed by atoms with E-state index in [1.165, 1.54) is 19.3 Å². The number of anilines is 2. The summed E-state index contributed by atoms with van der Waals surface area (Å²) in [6, 6.07) is 12.0. The number of piperidine rings is 1. The molecule has 0 aliphatic carbocycles. The number of hydrogen-bond acceptors (Lipinski definition) is 5. The van der Waals surface area contributed by atoms with Gasteiger partial charge in [0.05, 0.1) is 28.4 Å². The second kappa shape index (κ2) is 7.96. The molecule has 2 aromatic heterocycles. The average Bonchev–Trinajstić information content (AvgIpc) is 3.33. The summed E-state index contributed by atoms with van der Waals surface area (Å²) in [7, 11) is 0. The Morgan fingerprint density at radius 3 is 2.78 bits per heavy atom. The highest BCUT2D eigenvalue weighted by molar-refractivity contribution is 7.13. The van der Waals surface area contributed by atoms with Crippen LogP contribution in [0.5, 0.6) is 0 Å². The van der Waals surface area contributed by atoms with Gasteiger partial charge in [0.25, 0.3) is 0 Å². The topological polar surface area (TPSA) is 58.4 Å². The van der Waals surface area contributed by atoms with Crippen LogP contribution in [0.25, 0.3) is 10.8 Å². The molecule has 6 heteroatoms. The lowest BCUT2D eigenvalue weighted by molar-refractivity contribution is -0.115. The average molecular weight is 382 g/mol. The number of amides is 1. The molecule has 1 aromatic carbocycles. The standard InChI is InChI=1S/C21H23N3O2S/c1-15-17(23-21(26-15)19-10-7-13-27-19)14-20(25)22-16-8-3-4-9-18(16)24-11-5-2-6-12-24/h3-4,7-10,13H,2,5-6,11-12,14H2,1H3,(H,22,25). The molecule has 1 fully saturated rings. The lowest BCUT2D eigenvalue weighted by Crippen LogP contribution is -2.30. The summed E-state index contributed by atoms with van der Waals surface area (Å²) in [5.41, 5.74) is 2.65. The van der Waals surface area contributed by atoms with E-state index in [-0.39, 0.29) is 12.3 Å². The van der Waals surface area contributed by atoms with Crippen LogP contribution in [0.3, 0.4) is 0 Å². The zero-order valence-corrected chi connectivity index (χ0v) is 16.2. The molecular weight excluding hydrogens is 358 g/mol. The van der Waals surface area contributed by atoms with Crippen molar-refractivity contribution in [3.8, 4) is 10.8 Å². The normalized spacial score (nSPS) is 14.3. The Bertz CT molecular complexity index is 911. The van der Waals surface area contributed by atoms with Crippen molar-refractivity contribution in [2.75, 3.05) is 23.3 Å². The van der Waals surface area contributed by atoms with E-state index in [9.17, 15) is 4.79 Å². The van der Waals surface area contributed by atoms with Crippen LogP contribution in [0.1, 0.15) is 30.7 Å². The molecule has 1 saturated heterocycles. The van der Waals surface area contributed by atoms with Crippen molar-refractivity contribution in [1.82, 2.24) is 4.98 Å². The molecule has 0 unspecified atom stereocenters. The van der Waals surface area contributed by atoms with E-state index < -0.39 is 0 Å². The van der Waals surface area contributed by atoms with Gasteiger partial charge >= 0.3 is 0 Å². The zero-order valence-electron chi connectivity index (χ0n) is 15.4. The van der Waals surface area contributed by atoms with Crippen LogP contribution in [0.15, 0.2) is 46.2 Å². The highest BCUT2D eigenvalue weighted by Gasteiger charge is 2.18. The number of carbonyl (C=O) groups excluding carboxylic acids is 1. The van der Waals surface area contributed by atoms with Crippen LogP contribution in [-0.2, 0) is 11.2 Å². The molecule has 0 spiro atoms. The predicted molar refractivity (Wildman–Crippen MR) is 109 cm³/mol. The number of benzene rings is 1. The van der Waals surface area contributed by atoms with E-state index in [1.807, 2.05) is 42.6 Å². The van der Waals surface area contributed by atoms with Crippen LogP contribution < -0.4 is 10.2 Å². The summed E-state index contributed by atoms with van der Waals surface area (Å²) in [6.45, 7) is 3.94. The van der Waals surface area contributed by atoms with Crippen molar-refractivity contribution in [3.63, 3.8) is 0 Å². The molecule has 1 amide bonds. The Hall–Kier alpha value is -2.60. The number of thiophene rings is 1. The van der Waals surface area contributed by atoms with Gasteiger partial charge in [0, 0.05) is 13.1 Å². The first-order chi connectivity index (χ1) is 13.2. The van der Waals surface area contributed by atoms with Crippen molar-refractivity contribution in [1.29, 1.82) is 0 Å². The van der Waals surface area contributed by atoms with E-state index in [0.717, 1.165) is 29.3 Å². The molecule has 4 rings (SSSR count). The smallest absolute Gasteiger partial charge is 0.236 e. The lowest BCUT2D eigenvalue weighted by atomic mass is 10.1. The van der Waals surface area contributed by atoms with Crippen LogP contribution in [0, 0.1) is 6.92 Å². The van der Waals surface area contributed by atoms with Gasteiger partial charge in [-0.2, -0.15) is 0 Å². The van der Waals surface area contributed by atoms with Crippen molar-refractivity contribution >= 4 is 28.6 Å². The Balaban J connectivity index is 1.47. The molecule has 3 heterocycles. The Labute approximate surface area is 163 Å². The number of carbonyl (C=O) groups is 1. The summed E-state index contributed by atoms with van der Waals surface area (Å²) >= 11 is 1.57. The summed E-state index contributed by atoms with van der Waals surface area (Å²) in [6.07, 6.45) is 3.88. The number of nitrogens with zero attached hydrogens (tertiary/aromatic N) is 2. The maximum Gasteiger partial charge on any atom is 0.236 e. The third kappa shape index (κ3) is 4.06. The van der Waals surface area contributed by atoms with Gasteiger partial charge in [-0.1, -0.05) is 18.2 Å². The summed E-state index contributed by atoms with van der Waals surface area (Å²) < 4.78 is 5.74. The molecule has 1 aliphatic heterocycles. The second-order valence-corrected chi connectivity index (χ2v) is 7.74. The maximum atomic E-state index is 12.7. The SMILES string of the molecule is Cc1oc(-c2cccs2)nc1CC(=O)Nc1ccccc1N1CCCCC1. The number of hydrogen-bond donors (Lipinski definition) is 1. The number of aromatic nitrogens is 1. The number of para-hydroxylation sites is 2. The number of oxazole rings is 1. The van der Waals surface area contributed by atoms with E-state index in [1.54, 1.807) is 11.3 Å². The number of aryl methyl sites for hydroxylation is 1. The minimum atomic E-state index is -0.0754. The molecule has 27 heavy (non-hydrogen) atoms. The summed E-state index contributed by atoms with van der Waals surface area (Å²) in [5.74, 6) is 1.20. The van der Waals surface area contributed by atoms with Crippen LogP contribution >= 0.6 is 11.3 Å². The first kappa shape index (κ1) is 17.8. The molecule has 140 valence electrons. The van der Waals surface area contributed by atoms with Gasteiger partial charge in [-0.25, -0.2) is 4.98 Å². The Morgan fingerprint density at radius 1 is 1.19 bits per heavy atom. The van der Waals surface area contributed by atoms with E-state index in [4.69, 9.17) is 4.42 Å². The minimum Gasteiger partial charge on any atom is -0.440 e. The van der Waals surface area contributed by atoms with E-state index in [0.29, 0.717) is 17.3 Å². The fourth-order valence-electron chi connectivity index (χ4n) is 3.43. The minimum absolute atomic E-state index is 0.0754. The van der Waals surface area contributed by atoms with Crippen LogP contribution in [0.4, 0.5) is 11.4 Å². The summed E-state index contributed by atoms with van der Waals surface area (Å²) in [4.78, 5) is 20.5. The molecular formula is C21H23N3O2S. The molecule has 0 atom stereocenters. The largest absolute Gasteiger partial charge is 0.440 e. The highest BCUT2D eigenvalue weighted by atomic mass is 32.1. The molecule has 1 N–H and O–H groups in total. The van der Waals surface area contributed by atoms with Crippen molar-refractivity contribution in [2.24, 2.45) is 0 Å². The Morgan fingerprint density at radius 2 is 2.00 bits per heavy atom. The molecule has 1 aliphatic rings. The second-order valence-electron chi connectivity index (χ2n) is 6.79. The van der Waals surface area contributed by atoms with Crippen LogP contribution in [0.2, 0.25) is 0 Å². The van der Waals surface area contributed by atoms with E-state index >= 15 is 0 Å². The van der Waals surface area contributed by atoms with Gasteiger partial charge in [0.1, 0.15) is 5.76 Å². The first-order valence-electron chi connectivity index (χ1n) is 9.35. The molecule has 3 aromatic rings. The zero-order chi connectivity index (χ0) is 18.6. The molecule has 0 saturated carbocycles. The number of rotatable bonds is 5. The van der Waals surface area contributed by atoms with Gasteiger partial charge in [-0.3, -0.25) is 4.79 Å². The van der Waals surface area contributed by atoms with Crippen molar-refractivity contribution in [3.05, 3.63) is 53.2 Å². The van der Waals surface area contributed by atoms with E-state index in [2.05, 4.69) is 21.3 Å². The maximum absolute atomic E-state index is 12.7. The third-order valence-electron chi connectivity index (χ3n) is 4.83.